The molecule has 112 valence electrons. The first kappa shape index (κ1) is 14.5. The van der Waals surface area contributed by atoms with E-state index < -0.39 is 5.82 Å². The summed E-state index contributed by atoms with van der Waals surface area (Å²) in [5.74, 6) is -0.676. The van der Waals surface area contributed by atoms with Crippen LogP contribution in [0, 0.1) is 5.82 Å². The Morgan fingerprint density at radius 1 is 1.14 bits per heavy atom. The van der Waals surface area contributed by atoms with E-state index in [4.69, 9.17) is 0 Å². The fourth-order valence-electron chi connectivity index (χ4n) is 2.72. The Balaban J connectivity index is 2.06. The van der Waals surface area contributed by atoms with E-state index in [0.717, 1.165) is 36.3 Å². The Morgan fingerprint density at radius 2 is 2.00 bits per heavy atom. The largest absolute Gasteiger partial charge is 0.506 e. The normalized spacial score (nSPS) is 11.0. The van der Waals surface area contributed by atoms with Crippen molar-refractivity contribution >= 4 is 10.8 Å². The van der Waals surface area contributed by atoms with Crippen molar-refractivity contribution in [3.63, 3.8) is 0 Å². The molecule has 0 bridgehead atoms. The van der Waals surface area contributed by atoms with E-state index in [9.17, 15) is 9.50 Å². The van der Waals surface area contributed by atoms with Gasteiger partial charge in [-0.2, -0.15) is 0 Å². The first-order valence-corrected chi connectivity index (χ1v) is 7.55. The number of aromatic hydroxyl groups is 1. The molecule has 1 N–H and O–H groups in total. The molecule has 2 aromatic carbocycles. The average Bonchev–Trinajstić information content (AvgIpc) is 2.52. The number of unbranched alkanes of at least 4 members (excludes halogenated alkanes) is 1. The molecule has 22 heavy (non-hydrogen) atoms. The van der Waals surface area contributed by atoms with Crippen molar-refractivity contribution in [2.24, 2.45) is 0 Å². The molecule has 3 aromatic rings. The van der Waals surface area contributed by atoms with Crippen LogP contribution in [0.5, 0.6) is 5.75 Å². The first-order valence-electron chi connectivity index (χ1n) is 7.55. The van der Waals surface area contributed by atoms with Gasteiger partial charge in [0.1, 0.15) is 11.4 Å². The number of fused-ring (bicyclic) bond motifs is 1. The van der Waals surface area contributed by atoms with Gasteiger partial charge in [0.05, 0.1) is 6.20 Å². The molecule has 0 aliphatic carbocycles. The minimum absolute atomic E-state index is 0.163. The van der Waals surface area contributed by atoms with Crippen LogP contribution in [-0.2, 0) is 6.42 Å². The second-order valence-electron chi connectivity index (χ2n) is 5.48. The molecule has 1 heterocycles. The van der Waals surface area contributed by atoms with Crippen molar-refractivity contribution in [3.05, 3.63) is 60.0 Å². The zero-order valence-corrected chi connectivity index (χ0v) is 12.5. The summed E-state index contributed by atoms with van der Waals surface area (Å²) in [6.45, 7) is 2.18. The third-order valence-electron chi connectivity index (χ3n) is 3.87. The molecule has 0 fully saturated rings. The van der Waals surface area contributed by atoms with Crippen LogP contribution in [0.25, 0.3) is 22.0 Å². The zero-order chi connectivity index (χ0) is 15.5. The predicted molar refractivity (Wildman–Crippen MR) is 87.4 cm³/mol. The van der Waals surface area contributed by atoms with Gasteiger partial charge in [0.2, 0.25) is 0 Å². The molecule has 2 nitrogen and oxygen atoms in total. The molecule has 0 aliphatic rings. The van der Waals surface area contributed by atoms with Gasteiger partial charge in [-0.25, -0.2) is 9.37 Å². The Hall–Kier alpha value is -2.42. The quantitative estimate of drug-likeness (QED) is 0.727. The van der Waals surface area contributed by atoms with Crippen molar-refractivity contribution in [2.75, 3.05) is 0 Å². The molecule has 0 saturated carbocycles. The van der Waals surface area contributed by atoms with Gasteiger partial charge in [-0.3, -0.25) is 0 Å². The lowest BCUT2D eigenvalue weighted by Crippen LogP contribution is -1.91. The minimum atomic E-state index is -0.513. The zero-order valence-electron chi connectivity index (χ0n) is 12.5. The van der Waals surface area contributed by atoms with Crippen molar-refractivity contribution in [3.8, 4) is 17.0 Å². The number of halogens is 1. The molecule has 0 amide bonds. The van der Waals surface area contributed by atoms with Crippen LogP contribution in [0.4, 0.5) is 4.39 Å². The van der Waals surface area contributed by atoms with Gasteiger partial charge in [0.15, 0.2) is 5.82 Å². The number of aromatic nitrogens is 1. The van der Waals surface area contributed by atoms with E-state index in [1.165, 1.54) is 17.1 Å². The molecular formula is C19H18FNO. The number of aryl methyl sites for hydroxylation is 1. The lowest BCUT2D eigenvalue weighted by molar-refractivity contribution is 0.466. The topological polar surface area (TPSA) is 33.1 Å². The number of hydrogen-bond acceptors (Lipinski definition) is 2. The summed E-state index contributed by atoms with van der Waals surface area (Å²) in [6, 6.07) is 13.2. The summed E-state index contributed by atoms with van der Waals surface area (Å²) >= 11 is 0. The summed E-state index contributed by atoms with van der Waals surface area (Å²) in [6.07, 6.45) is 4.64. The molecule has 0 saturated heterocycles. The summed E-state index contributed by atoms with van der Waals surface area (Å²) in [5, 5.41) is 11.6. The average molecular weight is 295 g/mol. The maximum Gasteiger partial charge on any atom is 0.153 e. The SMILES string of the molecule is CCCCc1cccc2cc(-c3ncc(O)cc3F)ccc12. The molecule has 0 aliphatic heterocycles. The van der Waals surface area contributed by atoms with Gasteiger partial charge in [0, 0.05) is 11.6 Å². The fraction of sp³-hybridized carbons (Fsp3) is 0.211. The molecule has 3 rings (SSSR count). The van der Waals surface area contributed by atoms with Gasteiger partial charge in [0.25, 0.3) is 0 Å². The highest BCUT2D eigenvalue weighted by molar-refractivity contribution is 5.89. The molecular weight excluding hydrogens is 277 g/mol. The second-order valence-corrected chi connectivity index (χ2v) is 5.48. The standard InChI is InChI=1S/C19H18FNO/c1-2-3-5-13-6-4-7-14-10-15(8-9-17(13)14)19-18(20)11-16(22)12-21-19/h4,6-12,22H,2-3,5H2,1H3. The van der Waals surface area contributed by atoms with Crippen LogP contribution in [-0.4, -0.2) is 10.1 Å². The summed E-state index contributed by atoms with van der Waals surface area (Å²) in [4.78, 5) is 4.00. The Kier molecular flexibility index (Phi) is 4.05. The molecule has 0 spiro atoms. The third kappa shape index (κ3) is 2.80. The minimum Gasteiger partial charge on any atom is -0.506 e. The van der Waals surface area contributed by atoms with Gasteiger partial charge in [-0.15, -0.1) is 0 Å². The molecule has 3 heteroatoms. The summed E-state index contributed by atoms with van der Waals surface area (Å²) in [5.41, 5.74) is 2.31. The van der Waals surface area contributed by atoms with Crippen LogP contribution in [0.3, 0.4) is 0 Å². The first-order chi connectivity index (χ1) is 10.7. The summed E-state index contributed by atoms with van der Waals surface area (Å²) < 4.78 is 14.0. The summed E-state index contributed by atoms with van der Waals surface area (Å²) in [7, 11) is 0. The number of hydrogen-bond donors (Lipinski definition) is 1. The van der Waals surface area contributed by atoms with Crippen LogP contribution >= 0.6 is 0 Å². The maximum atomic E-state index is 14.0. The van der Waals surface area contributed by atoms with Gasteiger partial charge >= 0.3 is 0 Å². The highest BCUT2D eigenvalue weighted by Gasteiger charge is 2.09. The van der Waals surface area contributed by atoms with Gasteiger partial charge in [-0.05, 0) is 35.2 Å². The van der Waals surface area contributed by atoms with Gasteiger partial charge in [-0.1, -0.05) is 43.7 Å². The Labute approximate surface area is 129 Å². The van der Waals surface area contributed by atoms with Crippen molar-refractivity contribution < 1.29 is 9.50 Å². The van der Waals surface area contributed by atoms with E-state index in [2.05, 4.69) is 18.0 Å². The molecule has 0 unspecified atom stereocenters. The lowest BCUT2D eigenvalue weighted by Gasteiger charge is -2.09. The van der Waals surface area contributed by atoms with Crippen molar-refractivity contribution in [2.45, 2.75) is 26.2 Å². The molecule has 0 radical (unpaired) electrons. The fourth-order valence-corrected chi connectivity index (χ4v) is 2.72. The van der Waals surface area contributed by atoms with Crippen LogP contribution in [0.2, 0.25) is 0 Å². The highest BCUT2D eigenvalue weighted by Crippen LogP contribution is 2.28. The predicted octanol–water partition coefficient (Wildman–Crippen LogP) is 5.09. The number of rotatable bonds is 4. The second kappa shape index (κ2) is 6.14. The van der Waals surface area contributed by atoms with Crippen LogP contribution in [0.1, 0.15) is 25.3 Å². The molecule has 0 atom stereocenters. The van der Waals surface area contributed by atoms with Crippen molar-refractivity contribution in [1.82, 2.24) is 4.98 Å². The van der Waals surface area contributed by atoms with E-state index >= 15 is 0 Å². The number of benzene rings is 2. The Morgan fingerprint density at radius 3 is 2.77 bits per heavy atom. The van der Waals surface area contributed by atoms with Gasteiger partial charge < -0.3 is 5.11 Å². The smallest absolute Gasteiger partial charge is 0.153 e. The van der Waals surface area contributed by atoms with E-state index in [0.29, 0.717) is 0 Å². The highest BCUT2D eigenvalue weighted by atomic mass is 19.1. The maximum absolute atomic E-state index is 14.0. The van der Waals surface area contributed by atoms with Crippen LogP contribution < -0.4 is 0 Å². The van der Waals surface area contributed by atoms with E-state index in [1.807, 2.05) is 30.3 Å². The van der Waals surface area contributed by atoms with E-state index in [1.54, 1.807) is 0 Å². The number of pyridine rings is 1. The Bertz CT molecular complexity index is 814. The third-order valence-corrected chi connectivity index (χ3v) is 3.87. The van der Waals surface area contributed by atoms with Crippen molar-refractivity contribution in [1.29, 1.82) is 0 Å². The monoisotopic (exact) mass is 295 g/mol. The lowest BCUT2D eigenvalue weighted by atomic mass is 9.97. The molecule has 1 aromatic heterocycles. The van der Waals surface area contributed by atoms with Crippen LogP contribution in [0.15, 0.2) is 48.7 Å². The number of nitrogens with zero attached hydrogens (tertiary/aromatic N) is 1. The van der Waals surface area contributed by atoms with E-state index in [-0.39, 0.29) is 11.4 Å².